The molecule has 0 amide bonds. The van der Waals surface area contributed by atoms with Gasteiger partial charge in [0.15, 0.2) is 0 Å². The fraction of sp³-hybridized carbons (Fsp3) is 1.00. The normalized spacial score (nSPS) is 17.8. The fourth-order valence-electron chi connectivity index (χ4n) is 1.54. The molecule has 14 heavy (non-hydrogen) atoms. The Morgan fingerprint density at radius 1 is 0.643 bits per heavy atom. The van der Waals surface area contributed by atoms with Gasteiger partial charge in [0.2, 0.25) is 0 Å². The Kier molecular flexibility index (Phi) is 8.02. The molecule has 0 saturated carbocycles. The van der Waals surface area contributed by atoms with Gasteiger partial charge in [0.25, 0.3) is 0 Å². The third-order valence-electron chi connectivity index (χ3n) is 2.29. The second kappa shape index (κ2) is 8.14. The van der Waals surface area contributed by atoms with Crippen LogP contribution in [0.25, 0.3) is 0 Å². The average Bonchev–Trinajstić information content (AvgIpc) is 2.03. The van der Waals surface area contributed by atoms with Crippen LogP contribution in [-0.2, 0) is 0 Å². The van der Waals surface area contributed by atoms with Crippen LogP contribution in [0.15, 0.2) is 0 Å². The van der Waals surface area contributed by atoms with Crippen molar-refractivity contribution in [1.82, 2.24) is 0 Å². The lowest BCUT2D eigenvalue weighted by molar-refractivity contribution is 0.437. The van der Waals surface area contributed by atoms with Crippen LogP contribution in [0.2, 0.25) is 0 Å². The van der Waals surface area contributed by atoms with Crippen LogP contribution < -0.4 is 28.7 Å². The number of nitrogens with two attached hydrogens (primary N) is 5. The average molecular weight is 203 g/mol. The molecule has 0 rings (SSSR count). The Morgan fingerprint density at radius 2 is 1.00 bits per heavy atom. The van der Waals surface area contributed by atoms with Gasteiger partial charge in [-0.05, 0) is 38.8 Å². The molecule has 0 radical (unpaired) electrons. The summed E-state index contributed by atoms with van der Waals surface area (Å²) in [7, 11) is 0. The zero-order valence-electron chi connectivity index (χ0n) is 8.86. The molecule has 5 heteroatoms. The molecule has 86 valence electrons. The molecule has 2 unspecified atom stereocenters. The topological polar surface area (TPSA) is 130 Å². The SMILES string of the molecule is NCCC(N)CC(N)CC(N)CCN. The van der Waals surface area contributed by atoms with Gasteiger partial charge in [-0.25, -0.2) is 0 Å². The summed E-state index contributed by atoms with van der Waals surface area (Å²) in [6, 6.07) is 0.262. The maximum Gasteiger partial charge on any atom is 0.00683 e. The summed E-state index contributed by atoms with van der Waals surface area (Å²) in [5, 5.41) is 0. The number of hydrogen-bond acceptors (Lipinski definition) is 5. The Labute approximate surface area is 86.4 Å². The van der Waals surface area contributed by atoms with Crippen molar-refractivity contribution in [2.24, 2.45) is 28.7 Å². The van der Waals surface area contributed by atoms with Crippen LogP contribution in [0.3, 0.4) is 0 Å². The van der Waals surface area contributed by atoms with Gasteiger partial charge in [-0.2, -0.15) is 0 Å². The zero-order valence-corrected chi connectivity index (χ0v) is 8.86. The second-order valence-corrected chi connectivity index (χ2v) is 3.91. The highest BCUT2D eigenvalue weighted by Gasteiger charge is 2.12. The highest BCUT2D eigenvalue weighted by molar-refractivity contribution is 4.76. The third-order valence-corrected chi connectivity index (χ3v) is 2.29. The largest absolute Gasteiger partial charge is 0.330 e. The molecule has 0 fully saturated rings. The second-order valence-electron chi connectivity index (χ2n) is 3.91. The summed E-state index contributed by atoms with van der Waals surface area (Å²) in [4.78, 5) is 0. The van der Waals surface area contributed by atoms with Crippen molar-refractivity contribution >= 4 is 0 Å². The van der Waals surface area contributed by atoms with Crippen LogP contribution in [0, 0.1) is 0 Å². The van der Waals surface area contributed by atoms with E-state index in [0.717, 1.165) is 25.7 Å². The molecule has 0 saturated heterocycles. The molecule has 0 aliphatic heterocycles. The van der Waals surface area contributed by atoms with Gasteiger partial charge in [0.05, 0.1) is 0 Å². The molecule has 10 N–H and O–H groups in total. The lowest BCUT2D eigenvalue weighted by Gasteiger charge is -2.19. The lowest BCUT2D eigenvalue weighted by atomic mass is 9.98. The van der Waals surface area contributed by atoms with Crippen molar-refractivity contribution in [2.45, 2.75) is 43.8 Å². The summed E-state index contributed by atoms with van der Waals surface area (Å²) < 4.78 is 0. The van der Waals surface area contributed by atoms with Gasteiger partial charge in [0, 0.05) is 18.1 Å². The molecule has 0 aromatic carbocycles. The number of hydrogen-bond donors (Lipinski definition) is 5. The molecule has 0 aliphatic rings. The van der Waals surface area contributed by atoms with Gasteiger partial charge in [-0.1, -0.05) is 0 Å². The van der Waals surface area contributed by atoms with E-state index >= 15 is 0 Å². The van der Waals surface area contributed by atoms with E-state index in [2.05, 4.69) is 0 Å². The standard InChI is InChI=1S/C9H25N5/c10-3-1-7(12)5-9(14)6-8(13)2-4-11/h7-9H,1-6,10-14H2. The van der Waals surface area contributed by atoms with E-state index in [0.29, 0.717) is 13.1 Å². The molecule has 0 aromatic rings. The van der Waals surface area contributed by atoms with E-state index in [1.807, 2.05) is 0 Å². The smallest absolute Gasteiger partial charge is 0.00683 e. The number of rotatable bonds is 8. The predicted octanol–water partition coefficient (Wildman–Crippen LogP) is -1.55. The van der Waals surface area contributed by atoms with Gasteiger partial charge in [0.1, 0.15) is 0 Å². The summed E-state index contributed by atoms with van der Waals surface area (Å²) in [6.45, 7) is 1.23. The molecule has 0 aliphatic carbocycles. The Morgan fingerprint density at radius 3 is 1.29 bits per heavy atom. The highest BCUT2D eigenvalue weighted by Crippen LogP contribution is 2.04. The molecular weight excluding hydrogens is 178 g/mol. The minimum atomic E-state index is 0.0677. The van der Waals surface area contributed by atoms with Crippen molar-refractivity contribution in [3.05, 3.63) is 0 Å². The van der Waals surface area contributed by atoms with Gasteiger partial charge in [-0.3, -0.25) is 0 Å². The van der Waals surface area contributed by atoms with Gasteiger partial charge < -0.3 is 28.7 Å². The summed E-state index contributed by atoms with van der Waals surface area (Å²) in [5.41, 5.74) is 28.3. The molecule has 0 aromatic heterocycles. The molecule has 0 bridgehead atoms. The van der Waals surface area contributed by atoms with Crippen LogP contribution in [0.1, 0.15) is 25.7 Å². The van der Waals surface area contributed by atoms with Crippen molar-refractivity contribution in [3.8, 4) is 0 Å². The van der Waals surface area contributed by atoms with Crippen molar-refractivity contribution < 1.29 is 0 Å². The summed E-state index contributed by atoms with van der Waals surface area (Å²) >= 11 is 0. The lowest BCUT2D eigenvalue weighted by Crippen LogP contribution is -2.38. The molecular formula is C9H25N5. The van der Waals surface area contributed by atoms with Gasteiger partial charge in [-0.15, -0.1) is 0 Å². The molecule has 5 nitrogen and oxygen atoms in total. The van der Waals surface area contributed by atoms with E-state index in [1.165, 1.54) is 0 Å². The Hall–Kier alpha value is -0.200. The van der Waals surface area contributed by atoms with Crippen molar-refractivity contribution in [1.29, 1.82) is 0 Å². The first kappa shape index (κ1) is 13.8. The molecule has 0 spiro atoms. The van der Waals surface area contributed by atoms with Crippen LogP contribution in [0.5, 0.6) is 0 Å². The maximum atomic E-state index is 5.89. The quantitative estimate of drug-likeness (QED) is 0.326. The zero-order chi connectivity index (χ0) is 11.0. The summed E-state index contributed by atoms with van der Waals surface area (Å²) in [6.07, 6.45) is 3.21. The van der Waals surface area contributed by atoms with Crippen LogP contribution in [0.4, 0.5) is 0 Å². The van der Waals surface area contributed by atoms with E-state index in [1.54, 1.807) is 0 Å². The third kappa shape index (κ3) is 7.23. The van der Waals surface area contributed by atoms with Crippen molar-refractivity contribution in [3.63, 3.8) is 0 Å². The van der Waals surface area contributed by atoms with E-state index < -0.39 is 0 Å². The van der Waals surface area contributed by atoms with Crippen LogP contribution in [-0.4, -0.2) is 31.2 Å². The van der Waals surface area contributed by atoms with E-state index in [-0.39, 0.29) is 18.1 Å². The Balaban J connectivity index is 3.57. The first-order chi connectivity index (χ1) is 6.60. The van der Waals surface area contributed by atoms with Crippen molar-refractivity contribution in [2.75, 3.05) is 13.1 Å². The van der Waals surface area contributed by atoms with Crippen LogP contribution >= 0.6 is 0 Å². The first-order valence-electron chi connectivity index (χ1n) is 5.27. The van der Waals surface area contributed by atoms with E-state index in [9.17, 15) is 0 Å². The maximum absolute atomic E-state index is 5.89. The van der Waals surface area contributed by atoms with E-state index in [4.69, 9.17) is 28.7 Å². The first-order valence-corrected chi connectivity index (χ1v) is 5.27. The van der Waals surface area contributed by atoms with Gasteiger partial charge >= 0.3 is 0 Å². The minimum Gasteiger partial charge on any atom is -0.330 e. The monoisotopic (exact) mass is 203 g/mol. The predicted molar refractivity (Wildman–Crippen MR) is 60.5 cm³/mol. The Bertz CT molecular complexity index is 116. The fourth-order valence-corrected chi connectivity index (χ4v) is 1.54. The molecule has 0 heterocycles. The highest BCUT2D eigenvalue weighted by atomic mass is 14.7. The minimum absolute atomic E-state index is 0.0677. The summed E-state index contributed by atoms with van der Waals surface area (Å²) in [5.74, 6) is 0. The molecule has 2 atom stereocenters.